The minimum atomic E-state index is -4.11. The first-order valence-electron chi connectivity index (χ1n) is 10.1. The molecule has 4 nitrogen and oxygen atoms in total. The number of hydrogen-bond donors (Lipinski definition) is 0. The summed E-state index contributed by atoms with van der Waals surface area (Å²) < 4.78 is 57.8. The Labute approximate surface area is 193 Å². The molecule has 0 unspecified atom stereocenters. The minimum absolute atomic E-state index is 0.0556. The molecule has 0 amide bonds. The van der Waals surface area contributed by atoms with Gasteiger partial charge < -0.3 is 0 Å². The molecule has 0 fully saturated rings. The van der Waals surface area contributed by atoms with Crippen LogP contribution >= 0.6 is 11.3 Å². The highest BCUT2D eigenvalue weighted by Crippen LogP contribution is 2.41. The third kappa shape index (κ3) is 3.75. The summed E-state index contributed by atoms with van der Waals surface area (Å²) in [7, 11) is -4.11. The molecule has 5 rings (SSSR count). The molecule has 3 aromatic carbocycles. The Morgan fingerprint density at radius 3 is 2.52 bits per heavy atom. The second kappa shape index (κ2) is 8.20. The fourth-order valence-electron chi connectivity index (χ4n) is 3.87. The number of nitrogens with zero attached hydrogens (tertiary/aromatic N) is 2. The summed E-state index contributed by atoms with van der Waals surface area (Å²) in [5, 5.41) is 2.16. The summed E-state index contributed by atoms with van der Waals surface area (Å²) in [5.74, 6) is -2.01. The highest BCUT2D eigenvalue weighted by molar-refractivity contribution is 7.93. The second-order valence-corrected chi connectivity index (χ2v) is 10.5. The molecular formula is C25H18F2N2O2S2. The summed E-state index contributed by atoms with van der Waals surface area (Å²) in [6, 6.07) is 19.6. The molecule has 0 saturated carbocycles. The molecule has 0 aliphatic rings. The van der Waals surface area contributed by atoms with E-state index in [4.69, 9.17) is 0 Å². The Morgan fingerprint density at radius 2 is 1.73 bits per heavy atom. The zero-order chi connectivity index (χ0) is 23.2. The SMILES string of the molecule is Cc1c(N(Cc2ccc(F)c(F)c2)S(=O)(=O)c2cccc3cccnc23)sc2ccccc12. The van der Waals surface area contributed by atoms with Gasteiger partial charge in [-0.25, -0.2) is 17.2 Å². The maximum atomic E-state index is 14.1. The van der Waals surface area contributed by atoms with Gasteiger partial charge in [-0.15, -0.1) is 11.3 Å². The Balaban J connectivity index is 1.73. The van der Waals surface area contributed by atoms with Crippen LogP contribution in [0, 0.1) is 18.6 Å². The van der Waals surface area contributed by atoms with Gasteiger partial charge in [0.25, 0.3) is 10.0 Å². The van der Waals surface area contributed by atoms with Crippen molar-refractivity contribution < 1.29 is 17.2 Å². The van der Waals surface area contributed by atoms with Crippen molar-refractivity contribution in [1.82, 2.24) is 4.98 Å². The number of rotatable bonds is 5. The van der Waals surface area contributed by atoms with Gasteiger partial charge >= 0.3 is 0 Å². The smallest absolute Gasteiger partial charge is 0.255 e. The summed E-state index contributed by atoms with van der Waals surface area (Å²) in [5.41, 5.74) is 1.49. The molecule has 166 valence electrons. The Morgan fingerprint density at radius 1 is 0.939 bits per heavy atom. The van der Waals surface area contributed by atoms with Crippen molar-refractivity contribution in [3.8, 4) is 0 Å². The van der Waals surface area contributed by atoms with Crippen LogP contribution in [-0.4, -0.2) is 13.4 Å². The van der Waals surface area contributed by atoms with Gasteiger partial charge in [0.05, 0.1) is 12.1 Å². The van der Waals surface area contributed by atoms with Crippen LogP contribution in [0.25, 0.3) is 21.0 Å². The van der Waals surface area contributed by atoms with Gasteiger partial charge in [0.2, 0.25) is 0 Å². The average molecular weight is 481 g/mol. The summed E-state index contributed by atoms with van der Waals surface area (Å²) in [6.07, 6.45) is 1.55. The molecule has 8 heteroatoms. The fourth-order valence-corrected chi connectivity index (χ4v) is 6.97. The van der Waals surface area contributed by atoms with Crippen molar-refractivity contribution >= 4 is 47.4 Å². The Hall–Kier alpha value is -3.36. The first kappa shape index (κ1) is 21.5. The lowest BCUT2D eigenvalue weighted by Gasteiger charge is -2.24. The standard InChI is InChI=1S/C25H18F2N2O2S2/c1-16-19-8-2-3-9-22(19)32-25(16)29(15-17-11-12-20(26)21(27)14-17)33(30,31)23-10-4-6-18-7-5-13-28-24(18)23/h2-14H,15H2,1H3. The van der Waals surface area contributed by atoms with E-state index in [1.807, 2.05) is 31.2 Å². The maximum absolute atomic E-state index is 14.1. The largest absolute Gasteiger partial charge is 0.267 e. The van der Waals surface area contributed by atoms with E-state index in [0.717, 1.165) is 27.8 Å². The normalized spacial score (nSPS) is 11.8. The van der Waals surface area contributed by atoms with Crippen molar-refractivity contribution in [3.63, 3.8) is 0 Å². The van der Waals surface area contributed by atoms with Crippen LogP contribution in [-0.2, 0) is 16.6 Å². The second-order valence-electron chi connectivity index (χ2n) is 7.62. The Kier molecular flexibility index (Phi) is 5.34. The number of fused-ring (bicyclic) bond motifs is 2. The van der Waals surface area contributed by atoms with E-state index in [0.29, 0.717) is 21.5 Å². The van der Waals surface area contributed by atoms with Gasteiger partial charge in [-0.3, -0.25) is 9.29 Å². The van der Waals surface area contributed by atoms with E-state index < -0.39 is 21.7 Å². The lowest BCUT2D eigenvalue weighted by Crippen LogP contribution is -2.30. The number of aryl methyl sites for hydroxylation is 1. The molecular weight excluding hydrogens is 462 g/mol. The number of sulfonamides is 1. The quantitative estimate of drug-likeness (QED) is 0.291. The predicted molar refractivity (Wildman–Crippen MR) is 128 cm³/mol. The molecule has 0 radical (unpaired) electrons. The predicted octanol–water partition coefficient (Wildman–Crippen LogP) is 6.43. The van der Waals surface area contributed by atoms with Crippen LogP contribution in [0.3, 0.4) is 0 Å². The average Bonchev–Trinajstić information content (AvgIpc) is 3.15. The van der Waals surface area contributed by atoms with Crippen molar-refractivity contribution in [2.45, 2.75) is 18.4 Å². The topological polar surface area (TPSA) is 50.3 Å². The molecule has 2 aromatic heterocycles. The molecule has 0 bridgehead atoms. The fraction of sp³-hybridized carbons (Fsp3) is 0.0800. The summed E-state index contributed by atoms with van der Waals surface area (Å²) in [4.78, 5) is 4.37. The van der Waals surface area contributed by atoms with Gasteiger partial charge in [0.1, 0.15) is 9.90 Å². The van der Waals surface area contributed by atoms with Crippen molar-refractivity contribution in [1.29, 1.82) is 0 Å². The van der Waals surface area contributed by atoms with Crippen LogP contribution in [0.2, 0.25) is 0 Å². The van der Waals surface area contributed by atoms with Crippen LogP contribution in [0.1, 0.15) is 11.1 Å². The molecule has 5 aromatic rings. The molecule has 0 saturated heterocycles. The Bertz CT molecular complexity index is 1610. The third-order valence-corrected chi connectivity index (χ3v) is 8.71. The van der Waals surface area contributed by atoms with Crippen molar-refractivity contribution in [3.05, 3.63) is 102 Å². The van der Waals surface area contributed by atoms with Crippen LogP contribution < -0.4 is 4.31 Å². The van der Waals surface area contributed by atoms with Gasteiger partial charge in [-0.05, 0) is 53.8 Å². The molecule has 2 heterocycles. The first-order valence-corrected chi connectivity index (χ1v) is 12.4. The monoisotopic (exact) mass is 480 g/mol. The highest BCUT2D eigenvalue weighted by atomic mass is 32.2. The number of aromatic nitrogens is 1. The zero-order valence-electron chi connectivity index (χ0n) is 17.5. The number of anilines is 1. The van der Waals surface area contributed by atoms with E-state index in [2.05, 4.69) is 4.98 Å². The van der Waals surface area contributed by atoms with Gasteiger partial charge in [0, 0.05) is 16.3 Å². The summed E-state index contributed by atoms with van der Waals surface area (Å²) in [6.45, 7) is 1.71. The van der Waals surface area contributed by atoms with Crippen LogP contribution in [0.4, 0.5) is 13.8 Å². The lowest BCUT2D eigenvalue weighted by molar-refractivity contribution is 0.507. The number of halogens is 2. The summed E-state index contributed by atoms with van der Waals surface area (Å²) >= 11 is 1.34. The molecule has 0 spiro atoms. The van der Waals surface area contributed by atoms with E-state index >= 15 is 0 Å². The number of thiophene rings is 1. The molecule has 33 heavy (non-hydrogen) atoms. The lowest BCUT2D eigenvalue weighted by atomic mass is 10.2. The number of pyridine rings is 1. The van der Waals surface area contributed by atoms with E-state index in [1.54, 1.807) is 30.5 Å². The van der Waals surface area contributed by atoms with Crippen LogP contribution in [0.5, 0.6) is 0 Å². The van der Waals surface area contributed by atoms with E-state index in [-0.39, 0.29) is 11.4 Å². The number of para-hydroxylation sites is 1. The molecule has 0 atom stereocenters. The van der Waals surface area contributed by atoms with Crippen molar-refractivity contribution in [2.75, 3.05) is 4.31 Å². The molecule has 0 aliphatic heterocycles. The third-order valence-electron chi connectivity index (χ3n) is 5.52. The molecule has 0 N–H and O–H groups in total. The first-order chi connectivity index (χ1) is 15.9. The van der Waals surface area contributed by atoms with Gasteiger partial charge in [-0.1, -0.05) is 42.5 Å². The van der Waals surface area contributed by atoms with E-state index in [1.165, 1.54) is 27.8 Å². The van der Waals surface area contributed by atoms with Crippen LogP contribution in [0.15, 0.2) is 83.9 Å². The molecule has 0 aliphatic carbocycles. The maximum Gasteiger partial charge on any atom is 0.267 e. The van der Waals surface area contributed by atoms with Crippen molar-refractivity contribution in [2.24, 2.45) is 0 Å². The zero-order valence-corrected chi connectivity index (χ0v) is 19.1. The number of hydrogen-bond acceptors (Lipinski definition) is 4. The minimum Gasteiger partial charge on any atom is -0.255 e. The van der Waals surface area contributed by atoms with E-state index in [9.17, 15) is 17.2 Å². The van der Waals surface area contributed by atoms with Gasteiger partial charge in [0.15, 0.2) is 11.6 Å². The highest BCUT2D eigenvalue weighted by Gasteiger charge is 2.30. The van der Waals surface area contributed by atoms with Gasteiger partial charge in [-0.2, -0.15) is 0 Å². The number of benzene rings is 3.